The molecule has 2 aliphatic heterocycles. The van der Waals surface area contributed by atoms with Crippen molar-refractivity contribution < 1.29 is 14.0 Å². The van der Waals surface area contributed by atoms with Crippen LogP contribution in [0.4, 0.5) is 0 Å². The molecule has 0 spiro atoms. The number of amides is 2. The Kier molecular flexibility index (Phi) is 3.29. The van der Waals surface area contributed by atoms with Crippen molar-refractivity contribution in [2.24, 2.45) is 10.8 Å². The van der Waals surface area contributed by atoms with Gasteiger partial charge in [0.1, 0.15) is 5.69 Å². The third-order valence-electron chi connectivity index (χ3n) is 6.69. The Morgan fingerprint density at radius 3 is 2.23 bits per heavy atom. The van der Waals surface area contributed by atoms with E-state index in [0.717, 1.165) is 25.7 Å². The molecule has 3 fully saturated rings. The predicted molar refractivity (Wildman–Crippen MR) is 92.4 cm³/mol. The van der Waals surface area contributed by atoms with E-state index in [2.05, 4.69) is 9.97 Å². The molecule has 7 heteroatoms. The van der Waals surface area contributed by atoms with Crippen molar-refractivity contribution in [2.45, 2.75) is 25.7 Å². The number of nitrogens with zero attached hydrogens (tertiary/aromatic N) is 3. The summed E-state index contributed by atoms with van der Waals surface area (Å²) in [6.45, 7) is 2.85. The number of aromatic amines is 1. The minimum Gasteiger partial charge on any atom is -0.459 e. The van der Waals surface area contributed by atoms with E-state index in [1.165, 1.54) is 6.33 Å². The molecule has 1 saturated carbocycles. The molecule has 2 amide bonds. The van der Waals surface area contributed by atoms with Crippen LogP contribution in [0.25, 0.3) is 0 Å². The van der Waals surface area contributed by atoms with Crippen molar-refractivity contribution in [1.82, 2.24) is 19.8 Å². The van der Waals surface area contributed by atoms with E-state index in [4.69, 9.17) is 4.42 Å². The Hall–Kier alpha value is -2.57. The third-order valence-corrected chi connectivity index (χ3v) is 6.69. The lowest BCUT2D eigenvalue weighted by atomic mass is 9.60. The second-order valence-electron chi connectivity index (χ2n) is 8.03. The molecular weight excluding hydrogens is 332 g/mol. The van der Waals surface area contributed by atoms with Crippen molar-refractivity contribution in [3.8, 4) is 0 Å². The van der Waals surface area contributed by atoms with Gasteiger partial charge in [0.2, 0.25) is 0 Å². The Labute approximate surface area is 151 Å². The average molecular weight is 354 g/mol. The molecule has 4 heterocycles. The number of hydrogen-bond acceptors (Lipinski definition) is 4. The first-order valence-corrected chi connectivity index (χ1v) is 9.23. The van der Waals surface area contributed by atoms with E-state index in [0.29, 0.717) is 37.6 Å². The van der Waals surface area contributed by atoms with Crippen molar-refractivity contribution in [3.05, 3.63) is 42.4 Å². The molecule has 3 aliphatic rings. The highest BCUT2D eigenvalue weighted by atomic mass is 16.3. The van der Waals surface area contributed by atoms with Gasteiger partial charge in [-0.1, -0.05) is 12.8 Å². The molecule has 0 bridgehead atoms. The SMILES string of the molecule is O=C(c1cnc[nH]1)N1CC23CCCCC2(C1)CN(C(=O)c1ccco1)C3. The van der Waals surface area contributed by atoms with E-state index < -0.39 is 0 Å². The smallest absolute Gasteiger partial charge is 0.289 e. The van der Waals surface area contributed by atoms with Crippen LogP contribution in [0.3, 0.4) is 0 Å². The minimum atomic E-state index is -0.0310. The Morgan fingerprint density at radius 2 is 1.69 bits per heavy atom. The molecule has 1 aliphatic carbocycles. The van der Waals surface area contributed by atoms with Gasteiger partial charge in [-0.25, -0.2) is 4.98 Å². The minimum absolute atomic E-state index is 0.00316. The molecule has 2 aromatic rings. The van der Waals surface area contributed by atoms with Crippen LogP contribution in [-0.2, 0) is 0 Å². The van der Waals surface area contributed by atoms with Gasteiger partial charge in [0.15, 0.2) is 5.76 Å². The summed E-state index contributed by atoms with van der Waals surface area (Å²) in [5, 5.41) is 0. The predicted octanol–water partition coefficient (Wildman–Crippen LogP) is 2.16. The van der Waals surface area contributed by atoms with Gasteiger partial charge in [-0.2, -0.15) is 0 Å². The monoisotopic (exact) mass is 354 g/mol. The Morgan fingerprint density at radius 1 is 1.04 bits per heavy atom. The molecule has 2 atom stereocenters. The normalized spacial score (nSPS) is 30.3. The first-order chi connectivity index (χ1) is 12.6. The van der Waals surface area contributed by atoms with E-state index in [9.17, 15) is 9.59 Å². The van der Waals surface area contributed by atoms with Crippen LogP contribution < -0.4 is 0 Å². The lowest BCUT2D eigenvalue weighted by molar-refractivity contribution is 0.0688. The van der Waals surface area contributed by atoms with Crippen LogP contribution in [0.5, 0.6) is 0 Å². The quantitative estimate of drug-likeness (QED) is 0.896. The molecule has 0 radical (unpaired) electrons. The molecular formula is C19H22N4O3. The number of likely N-dealkylation sites (tertiary alicyclic amines) is 2. The zero-order valence-corrected chi connectivity index (χ0v) is 14.6. The number of furan rings is 1. The maximum absolute atomic E-state index is 12.8. The lowest BCUT2D eigenvalue weighted by Gasteiger charge is -2.41. The first-order valence-electron chi connectivity index (χ1n) is 9.23. The van der Waals surface area contributed by atoms with Gasteiger partial charge in [0.05, 0.1) is 18.8 Å². The Balaban J connectivity index is 1.43. The summed E-state index contributed by atoms with van der Waals surface area (Å²) >= 11 is 0. The fraction of sp³-hybridized carbons (Fsp3) is 0.526. The number of rotatable bonds is 2. The van der Waals surface area contributed by atoms with Crippen LogP contribution in [0.2, 0.25) is 0 Å². The summed E-state index contributed by atoms with van der Waals surface area (Å²) in [6, 6.07) is 3.47. The molecule has 2 unspecified atom stereocenters. The highest BCUT2D eigenvalue weighted by Crippen LogP contribution is 2.60. The summed E-state index contributed by atoms with van der Waals surface area (Å²) in [5.41, 5.74) is 0.546. The fourth-order valence-electron chi connectivity index (χ4n) is 5.50. The number of hydrogen-bond donors (Lipinski definition) is 1. The van der Waals surface area contributed by atoms with E-state index >= 15 is 0 Å². The van der Waals surface area contributed by atoms with Crippen LogP contribution >= 0.6 is 0 Å². The van der Waals surface area contributed by atoms with E-state index in [-0.39, 0.29) is 22.6 Å². The van der Waals surface area contributed by atoms with Gasteiger partial charge in [0.25, 0.3) is 11.8 Å². The second-order valence-corrected chi connectivity index (χ2v) is 8.03. The summed E-state index contributed by atoms with van der Waals surface area (Å²) in [4.78, 5) is 36.5. The van der Waals surface area contributed by atoms with Crippen molar-refractivity contribution >= 4 is 11.8 Å². The number of imidazole rings is 1. The zero-order chi connectivity index (χ0) is 17.8. The Bertz CT molecular complexity index is 745. The van der Waals surface area contributed by atoms with Crippen molar-refractivity contribution in [1.29, 1.82) is 0 Å². The second kappa shape index (κ2) is 5.46. The number of carbonyl (C=O) groups is 2. The van der Waals surface area contributed by atoms with E-state index in [1.54, 1.807) is 24.6 Å². The topological polar surface area (TPSA) is 82.4 Å². The zero-order valence-electron chi connectivity index (χ0n) is 14.6. The maximum Gasteiger partial charge on any atom is 0.289 e. The summed E-state index contributed by atoms with van der Waals surface area (Å²) in [5.74, 6) is 0.387. The molecule has 26 heavy (non-hydrogen) atoms. The molecule has 2 saturated heterocycles. The van der Waals surface area contributed by atoms with Gasteiger partial charge in [-0.15, -0.1) is 0 Å². The lowest BCUT2D eigenvalue weighted by Crippen LogP contribution is -2.42. The van der Waals surface area contributed by atoms with Crippen molar-refractivity contribution in [2.75, 3.05) is 26.2 Å². The fourth-order valence-corrected chi connectivity index (χ4v) is 5.50. The average Bonchev–Trinajstić information content (AvgIpc) is 3.42. The summed E-state index contributed by atoms with van der Waals surface area (Å²) in [7, 11) is 0. The van der Waals surface area contributed by atoms with Crippen LogP contribution in [0.1, 0.15) is 46.7 Å². The molecule has 7 nitrogen and oxygen atoms in total. The first kappa shape index (κ1) is 15.7. The highest BCUT2D eigenvalue weighted by Gasteiger charge is 2.64. The molecule has 1 N–H and O–H groups in total. The maximum atomic E-state index is 12.8. The van der Waals surface area contributed by atoms with Gasteiger partial charge >= 0.3 is 0 Å². The number of H-pyrrole nitrogens is 1. The number of carbonyl (C=O) groups excluding carboxylic acids is 2. The summed E-state index contributed by atoms with van der Waals surface area (Å²) < 4.78 is 5.32. The van der Waals surface area contributed by atoms with Gasteiger partial charge < -0.3 is 19.2 Å². The molecule has 5 rings (SSSR count). The standard InChI is InChI=1S/C19H22N4O3/c24-16(14-8-20-13-21-14)22-9-18-5-1-2-6-19(18,10-22)12-23(11-18)17(25)15-4-3-7-26-15/h3-4,7-8,13H,1-2,5-6,9-12H2,(H,20,21). The molecule has 136 valence electrons. The molecule has 2 aromatic heterocycles. The van der Waals surface area contributed by atoms with Gasteiger partial charge in [-0.3, -0.25) is 9.59 Å². The number of nitrogens with one attached hydrogen (secondary N) is 1. The summed E-state index contributed by atoms with van der Waals surface area (Å²) in [6.07, 6.45) is 9.13. The van der Waals surface area contributed by atoms with Crippen LogP contribution in [0, 0.1) is 10.8 Å². The molecule has 0 aromatic carbocycles. The van der Waals surface area contributed by atoms with Gasteiger partial charge in [0, 0.05) is 37.0 Å². The van der Waals surface area contributed by atoms with Crippen molar-refractivity contribution in [3.63, 3.8) is 0 Å². The van der Waals surface area contributed by atoms with E-state index in [1.807, 2.05) is 9.80 Å². The third kappa shape index (κ3) is 2.09. The van der Waals surface area contributed by atoms with Crippen LogP contribution in [-0.4, -0.2) is 57.8 Å². The highest BCUT2D eigenvalue weighted by molar-refractivity contribution is 5.93. The van der Waals surface area contributed by atoms with Crippen LogP contribution in [0.15, 0.2) is 35.3 Å². The van der Waals surface area contributed by atoms with Gasteiger partial charge in [-0.05, 0) is 25.0 Å². The largest absolute Gasteiger partial charge is 0.459 e. The number of aromatic nitrogens is 2.